The summed E-state index contributed by atoms with van der Waals surface area (Å²) in [6.07, 6.45) is 4.88. The van der Waals surface area contributed by atoms with Crippen LogP contribution in [0.15, 0.2) is 59.2 Å². The van der Waals surface area contributed by atoms with E-state index in [4.69, 9.17) is 18.7 Å². The van der Waals surface area contributed by atoms with Gasteiger partial charge in [0, 0.05) is 31.5 Å². The number of hydrogen-bond acceptors (Lipinski definition) is 6. The summed E-state index contributed by atoms with van der Waals surface area (Å²) < 4.78 is 17.3. The molecule has 0 bridgehead atoms. The van der Waals surface area contributed by atoms with Gasteiger partial charge in [0.15, 0.2) is 0 Å². The molecule has 1 heterocycles. The molecule has 3 aromatic rings. The van der Waals surface area contributed by atoms with Crippen LogP contribution in [-0.2, 0) is 16.1 Å². The van der Waals surface area contributed by atoms with Gasteiger partial charge in [0.05, 0.1) is 19.4 Å². The second kappa shape index (κ2) is 9.66. The Morgan fingerprint density at radius 1 is 1.13 bits per heavy atom. The van der Waals surface area contributed by atoms with Crippen molar-refractivity contribution in [1.82, 2.24) is 10.0 Å². The van der Waals surface area contributed by atoms with Gasteiger partial charge in [-0.3, -0.25) is 9.63 Å². The van der Waals surface area contributed by atoms with Crippen LogP contribution in [-0.4, -0.2) is 36.7 Å². The molecule has 2 aromatic carbocycles. The molecule has 1 fully saturated rings. The molecule has 0 N–H and O–H groups in total. The van der Waals surface area contributed by atoms with Crippen molar-refractivity contribution in [2.75, 3.05) is 20.8 Å². The molecular formula is C24H26N2O5. The molecule has 1 aliphatic carbocycles. The summed E-state index contributed by atoms with van der Waals surface area (Å²) in [6.45, 7) is 0.771. The van der Waals surface area contributed by atoms with E-state index in [9.17, 15) is 4.79 Å². The van der Waals surface area contributed by atoms with Crippen molar-refractivity contribution in [2.45, 2.75) is 25.7 Å². The molecule has 0 saturated heterocycles. The standard InChI is InChI=1S/C24H26N2O5/c1-26(28-2)23(27)13-10-19-16-30-24(25-19)18-8-11-20(12-9-18)31-22-5-3-4-21(14-22)29-15-17-6-7-17/h3-5,8-9,11-12,14,16-17H,6-7,10,13,15H2,1-2H3. The maximum Gasteiger partial charge on any atom is 0.246 e. The first-order valence-electron chi connectivity index (χ1n) is 10.4. The minimum absolute atomic E-state index is 0.115. The quantitative estimate of drug-likeness (QED) is 0.434. The number of hydroxylamine groups is 2. The summed E-state index contributed by atoms with van der Waals surface area (Å²) in [5.41, 5.74) is 1.55. The number of rotatable bonds is 10. The van der Waals surface area contributed by atoms with Crippen molar-refractivity contribution in [2.24, 2.45) is 5.92 Å². The minimum atomic E-state index is -0.115. The molecule has 0 atom stereocenters. The fraction of sp³-hybridized carbons (Fsp3) is 0.333. The highest BCUT2D eigenvalue weighted by Crippen LogP contribution is 2.31. The first-order chi connectivity index (χ1) is 15.1. The summed E-state index contributed by atoms with van der Waals surface area (Å²) in [4.78, 5) is 21.2. The van der Waals surface area contributed by atoms with Crippen LogP contribution >= 0.6 is 0 Å². The zero-order valence-corrected chi connectivity index (χ0v) is 17.7. The van der Waals surface area contributed by atoms with Crippen LogP contribution in [0.25, 0.3) is 11.5 Å². The zero-order chi connectivity index (χ0) is 21.6. The first kappa shape index (κ1) is 20.9. The van der Waals surface area contributed by atoms with E-state index in [0.29, 0.717) is 30.4 Å². The van der Waals surface area contributed by atoms with Crippen LogP contribution in [0.1, 0.15) is 25.0 Å². The summed E-state index contributed by atoms with van der Waals surface area (Å²) in [6, 6.07) is 15.2. The Kier molecular flexibility index (Phi) is 6.52. The van der Waals surface area contributed by atoms with Gasteiger partial charge in [-0.05, 0) is 55.2 Å². The molecule has 7 nitrogen and oxygen atoms in total. The molecule has 0 spiro atoms. The fourth-order valence-corrected chi connectivity index (χ4v) is 2.98. The lowest BCUT2D eigenvalue weighted by atomic mass is 10.2. The monoisotopic (exact) mass is 422 g/mol. The number of aryl methyl sites for hydroxylation is 1. The van der Waals surface area contributed by atoms with E-state index >= 15 is 0 Å². The average Bonchev–Trinajstić information content (AvgIpc) is 3.51. The summed E-state index contributed by atoms with van der Waals surface area (Å²) in [5, 5.41) is 1.20. The Morgan fingerprint density at radius 2 is 1.90 bits per heavy atom. The molecule has 7 heteroatoms. The van der Waals surface area contributed by atoms with E-state index in [1.165, 1.54) is 25.0 Å². The van der Waals surface area contributed by atoms with E-state index in [2.05, 4.69) is 4.98 Å². The Bertz CT molecular complexity index is 1010. The number of oxazole rings is 1. The molecule has 1 aliphatic rings. The van der Waals surface area contributed by atoms with Crippen molar-refractivity contribution in [1.29, 1.82) is 0 Å². The average molecular weight is 422 g/mol. The van der Waals surface area contributed by atoms with Crippen LogP contribution < -0.4 is 9.47 Å². The molecule has 1 amide bonds. The van der Waals surface area contributed by atoms with Crippen LogP contribution in [0.2, 0.25) is 0 Å². The maximum atomic E-state index is 11.8. The van der Waals surface area contributed by atoms with Gasteiger partial charge in [-0.15, -0.1) is 0 Å². The second-order valence-electron chi connectivity index (χ2n) is 7.57. The third-order valence-electron chi connectivity index (χ3n) is 5.10. The van der Waals surface area contributed by atoms with Crippen LogP contribution in [0.5, 0.6) is 17.2 Å². The molecule has 162 valence electrons. The predicted molar refractivity (Wildman–Crippen MR) is 115 cm³/mol. The van der Waals surface area contributed by atoms with Crippen molar-refractivity contribution >= 4 is 5.91 Å². The molecular weight excluding hydrogens is 396 g/mol. The topological polar surface area (TPSA) is 74.0 Å². The van der Waals surface area contributed by atoms with E-state index in [1.807, 2.05) is 48.5 Å². The summed E-state index contributed by atoms with van der Waals surface area (Å²) in [7, 11) is 3.04. The SMILES string of the molecule is CON(C)C(=O)CCc1coc(-c2ccc(Oc3cccc(OCC4CC4)c3)cc2)n1. The maximum absolute atomic E-state index is 11.8. The lowest BCUT2D eigenvalue weighted by molar-refractivity contribution is -0.168. The van der Waals surface area contributed by atoms with Crippen molar-refractivity contribution in [3.8, 4) is 28.7 Å². The highest BCUT2D eigenvalue weighted by atomic mass is 16.7. The lowest BCUT2D eigenvalue weighted by Crippen LogP contribution is -2.25. The van der Waals surface area contributed by atoms with Crippen LogP contribution in [0.4, 0.5) is 0 Å². The van der Waals surface area contributed by atoms with Gasteiger partial charge in [-0.2, -0.15) is 0 Å². The van der Waals surface area contributed by atoms with E-state index in [0.717, 1.165) is 29.4 Å². The van der Waals surface area contributed by atoms with E-state index in [-0.39, 0.29) is 5.91 Å². The molecule has 31 heavy (non-hydrogen) atoms. The molecule has 0 unspecified atom stereocenters. The van der Waals surface area contributed by atoms with Gasteiger partial charge in [0.1, 0.15) is 23.5 Å². The Balaban J connectivity index is 1.33. The number of hydrogen-bond donors (Lipinski definition) is 0. The van der Waals surface area contributed by atoms with Gasteiger partial charge < -0.3 is 13.9 Å². The van der Waals surface area contributed by atoms with Crippen molar-refractivity contribution in [3.63, 3.8) is 0 Å². The Labute approximate surface area is 181 Å². The molecule has 0 aliphatic heterocycles. The number of benzene rings is 2. The largest absolute Gasteiger partial charge is 0.493 e. The van der Waals surface area contributed by atoms with Crippen LogP contribution in [0, 0.1) is 5.92 Å². The Morgan fingerprint density at radius 3 is 2.65 bits per heavy atom. The van der Waals surface area contributed by atoms with E-state index in [1.54, 1.807) is 13.3 Å². The number of ether oxygens (including phenoxy) is 2. The number of amides is 1. The number of carbonyl (C=O) groups is 1. The van der Waals surface area contributed by atoms with Gasteiger partial charge >= 0.3 is 0 Å². The molecule has 4 rings (SSSR count). The summed E-state index contributed by atoms with van der Waals surface area (Å²) in [5.74, 6) is 3.36. The van der Waals surface area contributed by atoms with Gasteiger partial charge in [-0.1, -0.05) is 6.07 Å². The van der Waals surface area contributed by atoms with Crippen molar-refractivity contribution < 1.29 is 23.5 Å². The van der Waals surface area contributed by atoms with Crippen LogP contribution in [0.3, 0.4) is 0 Å². The molecule has 1 saturated carbocycles. The van der Waals surface area contributed by atoms with E-state index < -0.39 is 0 Å². The van der Waals surface area contributed by atoms with Crippen molar-refractivity contribution in [3.05, 3.63) is 60.5 Å². The summed E-state index contributed by atoms with van der Waals surface area (Å²) >= 11 is 0. The first-order valence-corrected chi connectivity index (χ1v) is 10.4. The molecule has 1 aromatic heterocycles. The fourth-order valence-electron chi connectivity index (χ4n) is 2.98. The zero-order valence-electron chi connectivity index (χ0n) is 17.7. The number of carbonyl (C=O) groups excluding carboxylic acids is 1. The third kappa shape index (κ3) is 5.86. The highest BCUT2D eigenvalue weighted by molar-refractivity contribution is 5.75. The second-order valence-corrected chi connectivity index (χ2v) is 7.57. The lowest BCUT2D eigenvalue weighted by Gasteiger charge is -2.12. The Hall–Kier alpha value is -3.32. The van der Waals surface area contributed by atoms with Gasteiger partial charge in [0.2, 0.25) is 11.8 Å². The normalized spacial score (nSPS) is 13.1. The number of nitrogens with zero attached hydrogens (tertiary/aromatic N) is 2. The predicted octanol–water partition coefficient (Wildman–Crippen LogP) is 4.88. The molecule has 0 radical (unpaired) electrons. The smallest absolute Gasteiger partial charge is 0.246 e. The van der Waals surface area contributed by atoms with Gasteiger partial charge in [0.25, 0.3) is 0 Å². The number of aromatic nitrogens is 1. The third-order valence-corrected chi connectivity index (χ3v) is 5.10. The van der Waals surface area contributed by atoms with Gasteiger partial charge in [-0.25, -0.2) is 10.0 Å². The minimum Gasteiger partial charge on any atom is -0.493 e. The highest BCUT2D eigenvalue weighted by Gasteiger charge is 2.21.